The summed E-state index contributed by atoms with van der Waals surface area (Å²) in [6.07, 6.45) is 2.57. The van der Waals surface area contributed by atoms with Crippen molar-refractivity contribution in [2.24, 2.45) is 4.99 Å². The van der Waals surface area contributed by atoms with Crippen LogP contribution in [0.25, 0.3) is 0 Å². The summed E-state index contributed by atoms with van der Waals surface area (Å²) < 4.78 is 0. The smallest absolute Gasteiger partial charge is 0.326 e. The molecular weight excluding hydrogens is 238 g/mol. The normalized spacial score (nSPS) is 15.9. The minimum atomic E-state index is -0.824. The highest BCUT2D eigenvalue weighted by Gasteiger charge is 2.19. The van der Waals surface area contributed by atoms with Gasteiger partial charge in [0.05, 0.1) is 6.54 Å². The molecule has 0 aliphatic carbocycles. The van der Waals surface area contributed by atoms with E-state index in [1.807, 2.05) is 6.26 Å². The second-order valence-electron chi connectivity index (χ2n) is 2.97. The predicted octanol–water partition coefficient (Wildman–Crippen LogP) is 0.163. The summed E-state index contributed by atoms with van der Waals surface area (Å²) in [5, 5.41) is 14.8. The number of hydrogen-bond acceptors (Lipinski definition) is 5. The third-order valence-electron chi connectivity index (χ3n) is 1.89. The number of halogens is 1. The average Bonchev–Trinajstić information content (AvgIpc) is 2.64. The van der Waals surface area contributed by atoms with E-state index >= 15 is 0 Å². The van der Waals surface area contributed by atoms with Gasteiger partial charge in [-0.2, -0.15) is 11.8 Å². The predicted molar refractivity (Wildman–Crippen MR) is 65.1 cm³/mol. The summed E-state index contributed by atoms with van der Waals surface area (Å²) in [6.45, 7) is 1.51. The summed E-state index contributed by atoms with van der Waals surface area (Å²) in [5.74, 6) is 0.617. The third kappa shape index (κ3) is 5.13. The van der Waals surface area contributed by atoms with Gasteiger partial charge in [0.25, 0.3) is 0 Å². The van der Waals surface area contributed by atoms with E-state index in [9.17, 15) is 4.79 Å². The number of carboxylic acids is 1. The molecule has 0 saturated heterocycles. The first-order chi connectivity index (χ1) is 6.74. The Balaban J connectivity index is 0.00000196. The van der Waals surface area contributed by atoms with Gasteiger partial charge in [0.2, 0.25) is 0 Å². The van der Waals surface area contributed by atoms with Gasteiger partial charge in [0.1, 0.15) is 6.04 Å². The van der Waals surface area contributed by atoms with E-state index in [1.165, 1.54) is 0 Å². The minimum absolute atomic E-state index is 0. The molecule has 5 nitrogen and oxygen atoms in total. The van der Waals surface area contributed by atoms with E-state index in [1.54, 1.807) is 11.8 Å². The van der Waals surface area contributed by atoms with Crippen LogP contribution in [0, 0.1) is 0 Å². The van der Waals surface area contributed by atoms with Crippen LogP contribution in [0.4, 0.5) is 0 Å². The number of rotatable bonds is 5. The molecule has 1 aliphatic heterocycles. The van der Waals surface area contributed by atoms with E-state index in [2.05, 4.69) is 15.6 Å². The van der Waals surface area contributed by atoms with Crippen molar-refractivity contribution < 1.29 is 9.90 Å². The zero-order chi connectivity index (χ0) is 10.4. The number of aliphatic imine (C=N–C) groups is 1. The van der Waals surface area contributed by atoms with E-state index in [0.717, 1.165) is 18.8 Å². The van der Waals surface area contributed by atoms with Crippen LogP contribution in [0.1, 0.15) is 6.42 Å². The van der Waals surface area contributed by atoms with Crippen LogP contribution in [-0.4, -0.2) is 48.2 Å². The van der Waals surface area contributed by atoms with Gasteiger partial charge in [-0.3, -0.25) is 4.99 Å². The Morgan fingerprint density at radius 1 is 1.80 bits per heavy atom. The summed E-state index contributed by atoms with van der Waals surface area (Å²) in [7, 11) is 0. The molecule has 0 aromatic rings. The SMILES string of the molecule is CSCCC(NC1=NCCN1)C(=O)O.Cl. The summed E-state index contributed by atoms with van der Waals surface area (Å²) in [4.78, 5) is 14.9. The van der Waals surface area contributed by atoms with E-state index < -0.39 is 12.0 Å². The number of carbonyl (C=O) groups is 1. The van der Waals surface area contributed by atoms with Gasteiger partial charge in [-0.15, -0.1) is 12.4 Å². The van der Waals surface area contributed by atoms with Gasteiger partial charge in [-0.25, -0.2) is 4.79 Å². The van der Waals surface area contributed by atoms with Crippen LogP contribution in [0.5, 0.6) is 0 Å². The topological polar surface area (TPSA) is 73.7 Å². The van der Waals surface area contributed by atoms with Gasteiger partial charge in [-0.1, -0.05) is 0 Å². The molecule has 0 amide bonds. The summed E-state index contributed by atoms with van der Waals surface area (Å²) >= 11 is 1.64. The summed E-state index contributed by atoms with van der Waals surface area (Å²) in [6, 6.07) is -0.535. The molecule has 1 rings (SSSR count). The number of nitrogens with zero attached hydrogens (tertiary/aromatic N) is 1. The molecule has 15 heavy (non-hydrogen) atoms. The van der Waals surface area contributed by atoms with Crippen molar-refractivity contribution in [3.8, 4) is 0 Å². The average molecular weight is 254 g/mol. The molecule has 88 valence electrons. The molecule has 0 aromatic heterocycles. The Morgan fingerprint density at radius 2 is 2.53 bits per heavy atom. The fraction of sp³-hybridized carbons (Fsp3) is 0.750. The summed E-state index contributed by atoms with van der Waals surface area (Å²) in [5.41, 5.74) is 0. The van der Waals surface area contributed by atoms with Crippen molar-refractivity contribution in [3.63, 3.8) is 0 Å². The van der Waals surface area contributed by atoms with Crippen LogP contribution in [0.3, 0.4) is 0 Å². The molecule has 1 aliphatic rings. The molecule has 0 saturated carbocycles. The fourth-order valence-electron chi connectivity index (χ4n) is 1.15. The lowest BCUT2D eigenvalue weighted by Crippen LogP contribution is -2.45. The number of nitrogens with one attached hydrogen (secondary N) is 2. The molecule has 0 fully saturated rings. The molecule has 1 unspecified atom stereocenters. The van der Waals surface area contributed by atoms with Crippen LogP contribution in [-0.2, 0) is 4.79 Å². The lowest BCUT2D eigenvalue weighted by Gasteiger charge is -2.14. The number of thioether (sulfide) groups is 1. The lowest BCUT2D eigenvalue weighted by atomic mass is 10.2. The van der Waals surface area contributed by atoms with Crippen molar-refractivity contribution >= 4 is 36.1 Å². The second-order valence-corrected chi connectivity index (χ2v) is 3.96. The standard InChI is InChI=1S/C8H15N3O2S.ClH/c1-14-5-2-6(7(12)13)11-8-9-3-4-10-8;/h6H,2-5H2,1H3,(H,12,13)(H2,9,10,11);1H. The van der Waals surface area contributed by atoms with Crippen LogP contribution < -0.4 is 10.6 Å². The molecular formula is C8H16ClN3O2S. The highest BCUT2D eigenvalue weighted by atomic mass is 35.5. The monoisotopic (exact) mass is 253 g/mol. The zero-order valence-electron chi connectivity index (χ0n) is 8.52. The second kappa shape index (κ2) is 7.64. The van der Waals surface area contributed by atoms with E-state index in [0.29, 0.717) is 12.4 Å². The largest absolute Gasteiger partial charge is 0.480 e. The van der Waals surface area contributed by atoms with Gasteiger partial charge >= 0.3 is 5.97 Å². The number of guanidine groups is 1. The number of carboxylic acid groups (broad SMARTS) is 1. The minimum Gasteiger partial charge on any atom is -0.480 e. The maximum atomic E-state index is 10.8. The Bertz CT molecular complexity index is 238. The quantitative estimate of drug-likeness (QED) is 0.651. The van der Waals surface area contributed by atoms with Gasteiger partial charge in [0.15, 0.2) is 5.96 Å². The molecule has 1 heterocycles. The van der Waals surface area contributed by atoms with E-state index in [4.69, 9.17) is 5.11 Å². The van der Waals surface area contributed by atoms with Crippen LogP contribution in [0.15, 0.2) is 4.99 Å². The molecule has 0 bridgehead atoms. The van der Waals surface area contributed by atoms with Gasteiger partial charge < -0.3 is 15.7 Å². The first-order valence-electron chi connectivity index (χ1n) is 4.50. The molecule has 3 N–H and O–H groups in total. The molecule has 7 heteroatoms. The molecule has 0 spiro atoms. The molecule has 0 radical (unpaired) electrons. The maximum absolute atomic E-state index is 10.8. The Kier molecular flexibility index (Phi) is 7.33. The fourth-order valence-corrected chi connectivity index (χ4v) is 1.62. The highest BCUT2D eigenvalue weighted by Crippen LogP contribution is 2.01. The lowest BCUT2D eigenvalue weighted by molar-refractivity contribution is -0.139. The molecule has 0 aromatic carbocycles. The first kappa shape index (κ1) is 14.4. The van der Waals surface area contributed by atoms with Gasteiger partial charge in [-0.05, 0) is 18.4 Å². The zero-order valence-corrected chi connectivity index (χ0v) is 10.2. The molecule has 1 atom stereocenters. The Hall–Kier alpha value is -0.620. The van der Waals surface area contributed by atoms with Crippen molar-refractivity contribution in [2.75, 3.05) is 25.1 Å². The van der Waals surface area contributed by atoms with Crippen LogP contribution in [0.2, 0.25) is 0 Å². The number of hydrogen-bond donors (Lipinski definition) is 3. The highest BCUT2D eigenvalue weighted by molar-refractivity contribution is 7.98. The Morgan fingerprint density at radius 3 is 3.00 bits per heavy atom. The van der Waals surface area contributed by atoms with Crippen molar-refractivity contribution in [3.05, 3.63) is 0 Å². The van der Waals surface area contributed by atoms with Crippen LogP contribution >= 0.6 is 24.2 Å². The van der Waals surface area contributed by atoms with Gasteiger partial charge in [0, 0.05) is 6.54 Å². The number of aliphatic carboxylic acids is 1. The van der Waals surface area contributed by atoms with Crippen molar-refractivity contribution in [1.29, 1.82) is 0 Å². The maximum Gasteiger partial charge on any atom is 0.326 e. The Labute approximate surface area is 99.5 Å². The first-order valence-corrected chi connectivity index (χ1v) is 5.90. The third-order valence-corrected chi connectivity index (χ3v) is 2.54. The van der Waals surface area contributed by atoms with Crippen molar-refractivity contribution in [1.82, 2.24) is 10.6 Å². The van der Waals surface area contributed by atoms with E-state index in [-0.39, 0.29) is 12.4 Å². The van der Waals surface area contributed by atoms with Crippen molar-refractivity contribution in [2.45, 2.75) is 12.5 Å².